The summed E-state index contributed by atoms with van der Waals surface area (Å²) < 4.78 is 11.6. The molecule has 2 aromatic rings. The van der Waals surface area contributed by atoms with Crippen molar-refractivity contribution in [3.8, 4) is 5.75 Å². The zero-order chi connectivity index (χ0) is 25.4. The van der Waals surface area contributed by atoms with E-state index in [0.717, 1.165) is 16.7 Å². The van der Waals surface area contributed by atoms with Crippen LogP contribution >= 0.6 is 0 Å². The van der Waals surface area contributed by atoms with Crippen LogP contribution in [0.4, 0.5) is 0 Å². The Morgan fingerprint density at radius 3 is 2.53 bits per heavy atom. The van der Waals surface area contributed by atoms with Crippen molar-refractivity contribution >= 4 is 39.3 Å². The van der Waals surface area contributed by atoms with Gasteiger partial charge in [-0.15, -0.1) is 0 Å². The monoisotopic (exact) mass is 487 g/mol. The second-order valence-corrected chi connectivity index (χ2v) is 9.57. The summed E-state index contributed by atoms with van der Waals surface area (Å²) in [4.78, 5) is 52.4. The molecule has 3 unspecified atom stereocenters. The van der Waals surface area contributed by atoms with Gasteiger partial charge in [0.1, 0.15) is 40.7 Å². The molecule has 0 radical (unpaired) electrons. The molecule has 11 heteroatoms. The molecule has 0 spiro atoms. The number of carbonyl (C=O) groups excluding carboxylic acids is 4. The third-order valence-electron chi connectivity index (χ3n) is 7.27. The van der Waals surface area contributed by atoms with Gasteiger partial charge in [-0.05, 0) is 29.7 Å². The lowest BCUT2D eigenvalue weighted by atomic mass is 9.77. The van der Waals surface area contributed by atoms with Gasteiger partial charge in [-0.25, -0.2) is 0 Å². The van der Waals surface area contributed by atoms with E-state index in [1.165, 1.54) is 4.90 Å². The fourth-order valence-electron chi connectivity index (χ4n) is 4.93. The lowest BCUT2D eigenvalue weighted by Gasteiger charge is -2.38. The molecule has 0 aromatic heterocycles. The molecule has 9 nitrogen and oxygen atoms in total. The molecule has 2 aromatic carbocycles. The number of hydrogen-bond acceptors (Lipinski definition) is 6. The number of hydrogen-bond donors (Lipinski definition) is 1. The normalized spacial score (nSPS) is 24.1. The first-order chi connectivity index (χ1) is 17.3. The smallest absolute Gasteiger partial charge is 0.255 e. The first-order valence-electron chi connectivity index (χ1n) is 12.2. The molecule has 184 valence electrons. The van der Waals surface area contributed by atoms with Crippen LogP contribution in [0.2, 0.25) is 0 Å². The highest BCUT2D eigenvalue weighted by Crippen LogP contribution is 2.34. The minimum atomic E-state index is -0.660. The molecule has 36 heavy (non-hydrogen) atoms. The predicted octanol–water partition coefficient (Wildman–Crippen LogP) is -0.696. The molecule has 3 heterocycles. The van der Waals surface area contributed by atoms with Crippen molar-refractivity contribution in [1.29, 1.82) is 0 Å². The summed E-state index contributed by atoms with van der Waals surface area (Å²) in [6, 6.07) is 12.6. The molecular weight excluding hydrogens is 460 g/mol. The lowest BCUT2D eigenvalue weighted by Crippen LogP contribution is -2.54. The Labute approximate surface area is 210 Å². The van der Waals surface area contributed by atoms with Crippen LogP contribution in [-0.4, -0.2) is 73.7 Å². The van der Waals surface area contributed by atoms with E-state index in [0.29, 0.717) is 30.9 Å². The van der Waals surface area contributed by atoms with Gasteiger partial charge in [-0.3, -0.25) is 24.5 Å². The second kappa shape index (κ2) is 9.81. The number of morpholine rings is 1. The maximum atomic E-state index is 13.0. The molecule has 2 fully saturated rings. The van der Waals surface area contributed by atoms with Crippen LogP contribution in [0.15, 0.2) is 42.5 Å². The largest absolute Gasteiger partial charge is 0.489 e. The third-order valence-corrected chi connectivity index (χ3v) is 7.27. The molecule has 4 amide bonds. The third kappa shape index (κ3) is 4.63. The molecule has 3 aliphatic heterocycles. The van der Waals surface area contributed by atoms with Gasteiger partial charge in [0, 0.05) is 36.0 Å². The van der Waals surface area contributed by atoms with Gasteiger partial charge in [0.2, 0.25) is 17.7 Å². The molecule has 0 aliphatic carbocycles. The molecule has 0 saturated carbocycles. The fraction of sp³-hybridized carbons (Fsp3) is 0.360. The van der Waals surface area contributed by atoms with Gasteiger partial charge < -0.3 is 19.3 Å². The Bertz CT molecular complexity index is 1220. The van der Waals surface area contributed by atoms with Crippen molar-refractivity contribution in [3.63, 3.8) is 0 Å². The highest BCUT2D eigenvalue weighted by atomic mass is 16.5. The number of ether oxygens (including phenoxy) is 2. The summed E-state index contributed by atoms with van der Waals surface area (Å²) >= 11 is 0. The number of nitrogens with zero attached hydrogens (tertiary/aromatic N) is 2. The van der Waals surface area contributed by atoms with Crippen molar-refractivity contribution in [1.82, 2.24) is 15.1 Å². The van der Waals surface area contributed by atoms with Gasteiger partial charge >= 0.3 is 0 Å². The zero-order valence-electron chi connectivity index (χ0n) is 20.4. The number of imide groups is 1. The minimum Gasteiger partial charge on any atom is -0.489 e. The quantitative estimate of drug-likeness (QED) is 0.427. The first kappa shape index (κ1) is 24.1. The summed E-state index contributed by atoms with van der Waals surface area (Å²) in [5.41, 5.74) is 3.25. The van der Waals surface area contributed by atoms with Crippen LogP contribution < -0.4 is 10.1 Å². The molecule has 1 N–H and O–H groups in total. The Morgan fingerprint density at radius 1 is 1.03 bits per heavy atom. The first-order valence-corrected chi connectivity index (χ1v) is 12.2. The summed E-state index contributed by atoms with van der Waals surface area (Å²) in [6.45, 7) is 1.22. The van der Waals surface area contributed by atoms with E-state index in [1.807, 2.05) is 50.9 Å². The Kier molecular flexibility index (Phi) is 6.57. The highest BCUT2D eigenvalue weighted by molar-refractivity contribution is 6.22. The summed E-state index contributed by atoms with van der Waals surface area (Å²) in [5, 5.41) is 2.32. The van der Waals surface area contributed by atoms with E-state index in [1.54, 1.807) is 12.1 Å². The number of carbonyl (C=O) groups is 4. The summed E-state index contributed by atoms with van der Waals surface area (Å²) in [5.74, 6) is -0.366. The van der Waals surface area contributed by atoms with Crippen LogP contribution in [0.5, 0.6) is 5.75 Å². The van der Waals surface area contributed by atoms with E-state index in [4.69, 9.17) is 9.47 Å². The van der Waals surface area contributed by atoms with Crippen LogP contribution in [0.3, 0.4) is 0 Å². The summed E-state index contributed by atoms with van der Waals surface area (Å²) in [7, 11) is 3.97. The van der Waals surface area contributed by atoms with Crippen molar-refractivity contribution in [2.75, 3.05) is 6.61 Å². The van der Waals surface area contributed by atoms with E-state index >= 15 is 0 Å². The average Bonchev–Trinajstić information content (AvgIpc) is 3.20. The Morgan fingerprint density at radius 2 is 1.78 bits per heavy atom. The van der Waals surface area contributed by atoms with E-state index in [9.17, 15) is 19.2 Å². The molecule has 2 saturated heterocycles. The number of amides is 4. The Hall–Kier alpha value is -3.59. The van der Waals surface area contributed by atoms with Gasteiger partial charge in [0.25, 0.3) is 5.91 Å². The van der Waals surface area contributed by atoms with Crippen LogP contribution in [0.25, 0.3) is 0 Å². The standard InChI is InChI=1S/C25H27B2N3O6/c26-22-23(27)36-13-21(32)30(22)10-14-4-6-15(7-5-14)12-35-19-3-1-2-16-17(19)11-29(25(16)34)18-8-9-20(31)28-24(18)33/h1-7,18,22-23H,8-13,26-27H2,(H,28,31,33). The van der Waals surface area contributed by atoms with E-state index < -0.39 is 11.9 Å². The predicted molar refractivity (Wildman–Crippen MR) is 134 cm³/mol. The number of piperidine rings is 1. The lowest BCUT2D eigenvalue weighted by molar-refractivity contribution is -0.147. The van der Waals surface area contributed by atoms with E-state index in [2.05, 4.69) is 5.32 Å². The molecule has 5 rings (SSSR count). The molecule has 0 bridgehead atoms. The van der Waals surface area contributed by atoms with Crippen molar-refractivity contribution in [2.45, 2.75) is 50.5 Å². The van der Waals surface area contributed by atoms with Crippen LogP contribution in [0, 0.1) is 0 Å². The highest BCUT2D eigenvalue weighted by Gasteiger charge is 2.40. The number of benzene rings is 2. The second-order valence-electron chi connectivity index (χ2n) is 9.57. The number of nitrogens with one attached hydrogen (secondary N) is 1. The summed E-state index contributed by atoms with van der Waals surface area (Å²) in [6.07, 6.45) is 0.536. The average molecular weight is 487 g/mol. The SMILES string of the molecule is BC1OCC(=O)N(Cc2ccc(COc3cccc4c3CN(C3CCC(=O)NC3=O)C4=O)cc2)C1B. The topological polar surface area (TPSA) is 105 Å². The fourth-order valence-corrected chi connectivity index (χ4v) is 4.93. The van der Waals surface area contributed by atoms with Gasteiger partial charge in [-0.2, -0.15) is 0 Å². The minimum absolute atomic E-state index is 0.000711. The maximum absolute atomic E-state index is 13.0. The zero-order valence-corrected chi connectivity index (χ0v) is 20.4. The molecular formula is C25H27B2N3O6. The van der Waals surface area contributed by atoms with E-state index in [-0.39, 0.29) is 49.2 Å². The number of rotatable bonds is 6. The van der Waals surface area contributed by atoms with Crippen molar-refractivity contribution in [3.05, 3.63) is 64.7 Å². The van der Waals surface area contributed by atoms with Gasteiger partial charge in [-0.1, -0.05) is 30.3 Å². The Balaban J connectivity index is 1.23. The van der Waals surface area contributed by atoms with Crippen LogP contribution in [-0.2, 0) is 38.8 Å². The van der Waals surface area contributed by atoms with Gasteiger partial charge in [0.15, 0.2) is 0 Å². The van der Waals surface area contributed by atoms with Crippen molar-refractivity contribution < 1.29 is 28.7 Å². The van der Waals surface area contributed by atoms with Gasteiger partial charge in [0.05, 0.1) is 6.54 Å². The maximum Gasteiger partial charge on any atom is 0.255 e. The van der Waals surface area contributed by atoms with Crippen molar-refractivity contribution in [2.24, 2.45) is 0 Å². The van der Waals surface area contributed by atoms with Crippen LogP contribution in [0.1, 0.15) is 39.9 Å². The molecule has 3 aliphatic rings. The number of fused-ring (bicyclic) bond motifs is 1. The molecule has 3 atom stereocenters.